The van der Waals surface area contributed by atoms with Gasteiger partial charge in [0.15, 0.2) is 0 Å². The molecule has 0 fully saturated rings. The number of halogens is 6. The molecule has 9 heteroatoms. The highest BCUT2D eigenvalue weighted by Crippen LogP contribution is 2.31. The fourth-order valence-corrected chi connectivity index (χ4v) is 1.10. The minimum Gasteiger partial charge on any atom is -0.406 e. The van der Waals surface area contributed by atoms with E-state index in [4.69, 9.17) is 5.11 Å². The predicted molar refractivity (Wildman–Crippen MR) is 45.7 cm³/mol. The van der Waals surface area contributed by atoms with Crippen LogP contribution in [0.15, 0.2) is 18.2 Å². The predicted octanol–water partition coefficient (Wildman–Crippen LogP) is 2.98. The van der Waals surface area contributed by atoms with E-state index in [1.165, 1.54) is 0 Å². The first-order chi connectivity index (χ1) is 8.11. The molecule has 0 unspecified atom stereocenters. The molecule has 0 atom stereocenters. The van der Waals surface area contributed by atoms with Gasteiger partial charge in [0.25, 0.3) is 0 Å². The van der Waals surface area contributed by atoms with Gasteiger partial charge in [-0.3, -0.25) is 0 Å². The first-order valence-electron chi connectivity index (χ1n) is 4.36. The van der Waals surface area contributed by atoms with Crippen LogP contribution in [0.25, 0.3) is 0 Å². The van der Waals surface area contributed by atoms with E-state index in [0.717, 1.165) is 0 Å². The highest BCUT2D eigenvalue weighted by atomic mass is 19.4. The van der Waals surface area contributed by atoms with E-state index in [1.54, 1.807) is 0 Å². The maximum Gasteiger partial charge on any atom is 0.573 e. The van der Waals surface area contributed by atoms with Gasteiger partial charge in [-0.1, -0.05) is 0 Å². The summed E-state index contributed by atoms with van der Waals surface area (Å²) in [5.74, 6) is -1.54. The zero-order valence-corrected chi connectivity index (χ0v) is 8.47. The summed E-state index contributed by atoms with van der Waals surface area (Å²) in [6.07, 6.45) is -9.98. The van der Waals surface area contributed by atoms with E-state index >= 15 is 0 Å². The average molecular weight is 276 g/mol. The third kappa shape index (κ3) is 4.70. The van der Waals surface area contributed by atoms with Gasteiger partial charge in [0, 0.05) is 5.56 Å². The van der Waals surface area contributed by atoms with Crippen molar-refractivity contribution in [3.05, 3.63) is 23.8 Å². The lowest BCUT2D eigenvalue weighted by molar-refractivity contribution is -0.277. The fourth-order valence-electron chi connectivity index (χ4n) is 1.10. The van der Waals surface area contributed by atoms with Crippen LogP contribution in [0.3, 0.4) is 0 Å². The molecule has 0 aliphatic rings. The van der Waals surface area contributed by atoms with E-state index < -0.39 is 36.4 Å². The smallest absolute Gasteiger partial charge is 0.406 e. The fraction of sp³-hybridized carbons (Fsp3) is 0.333. The molecule has 1 rings (SSSR count). The van der Waals surface area contributed by atoms with Crippen molar-refractivity contribution >= 4 is 0 Å². The maximum atomic E-state index is 11.9. The molecule has 3 nitrogen and oxygen atoms in total. The highest BCUT2D eigenvalue weighted by Gasteiger charge is 2.33. The summed E-state index contributed by atoms with van der Waals surface area (Å²) in [5.41, 5.74) is -0.478. The molecule has 1 N–H and O–H groups in total. The molecule has 18 heavy (non-hydrogen) atoms. The quantitative estimate of drug-likeness (QED) is 0.862. The van der Waals surface area contributed by atoms with Crippen LogP contribution in [0.1, 0.15) is 5.56 Å². The number of alkyl halides is 6. The van der Waals surface area contributed by atoms with Crippen LogP contribution in [0.2, 0.25) is 0 Å². The van der Waals surface area contributed by atoms with Gasteiger partial charge in [0.2, 0.25) is 0 Å². The summed E-state index contributed by atoms with van der Waals surface area (Å²) in [4.78, 5) is 0. The number of benzene rings is 1. The van der Waals surface area contributed by atoms with Crippen LogP contribution in [0.5, 0.6) is 11.5 Å². The van der Waals surface area contributed by atoms with Crippen molar-refractivity contribution in [2.24, 2.45) is 0 Å². The molecule has 0 heterocycles. The van der Waals surface area contributed by atoms with Gasteiger partial charge in [0.1, 0.15) is 11.5 Å². The molecule has 0 bridgehead atoms. The second-order valence-electron chi connectivity index (χ2n) is 3.02. The third-order valence-corrected chi connectivity index (χ3v) is 1.66. The van der Waals surface area contributed by atoms with Crippen molar-refractivity contribution in [1.29, 1.82) is 0 Å². The Morgan fingerprint density at radius 3 is 1.94 bits per heavy atom. The van der Waals surface area contributed by atoms with Crippen molar-refractivity contribution in [3.8, 4) is 11.5 Å². The van der Waals surface area contributed by atoms with E-state index in [2.05, 4.69) is 9.47 Å². The molecule has 1 aromatic rings. The number of rotatable bonds is 3. The minimum absolute atomic E-state index is 0.478. The number of hydrogen-bond donors (Lipinski definition) is 1. The van der Waals surface area contributed by atoms with E-state index in [9.17, 15) is 26.3 Å². The summed E-state index contributed by atoms with van der Waals surface area (Å²) >= 11 is 0. The van der Waals surface area contributed by atoms with E-state index in [-0.39, 0.29) is 0 Å². The molecule has 0 aromatic heterocycles. The largest absolute Gasteiger partial charge is 0.573 e. The molecule has 0 radical (unpaired) electrons. The van der Waals surface area contributed by atoms with Gasteiger partial charge >= 0.3 is 12.7 Å². The molecule has 1 aromatic carbocycles. The average Bonchev–Trinajstić information content (AvgIpc) is 2.16. The summed E-state index contributed by atoms with van der Waals surface area (Å²) in [6, 6.07) is 1.88. The highest BCUT2D eigenvalue weighted by molar-refractivity contribution is 5.40. The second-order valence-corrected chi connectivity index (χ2v) is 3.02. The normalized spacial score (nSPS) is 12.4. The number of hydrogen-bond acceptors (Lipinski definition) is 3. The van der Waals surface area contributed by atoms with Gasteiger partial charge in [0.05, 0.1) is 6.61 Å². The maximum absolute atomic E-state index is 11.9. The van der Waals surface area contributed by atoms with Crippen LogP contribution in [-0.2, 0) is 6.61 Å². The Balaban J connectivity index is 2.97. The van der Waals surface area contributed by atoms with E-state index in [0.29, 0.717) is 18.2 Å². The van der Waals surface area contributed by atoms with Gasteiger partial charge in [-0.15, -0.1) is 26.3 Å². The third-order valence-electron chi connectivity index (χ3n) is 1.66. The van der Waals surface area contributed by atoms with Crippen LogP contribution in [-0.4, -0.2) is 17.8 Å². The Morgan fingerprint density at radius 1 is 0.944 bits per heavy atom. The Hall–Kier alpha value is -1.64. The van der Waals surface area contributed by atoms with Gasteiger partial charge in [-0.25, -0.2) is 0 Å². The lowest BCUT2D eigenvalue weighted by Crippen LogP contribution is -2.19. The number of aliphatic hydroxyl groups excluding tert-OH is 1. The summed E-state index contributed by atoms with van der Waals surface area (Å²) in [5, 5.41) is 8.75. The van der Waals surface area contributed by atoms with Crippen LogP contribution in [0, 0.1) is 0 Å². The van der Waals surface area contributed by atoms with Crippen LogP contribution < -0.4 is 9.47 Å². The summed E-state index contributed by atoms with van der Waals surface area (Å²) < 4.78 is 78.3. The number of ether oxygens (including phenoxy) is 2. The molecule has 0 saturated carbocycles. The molecule has 0 amide bonds. The lowest BCUT2D eigenvalue weighted by atomic mass is 10.2. The van der Waals surface area contributed by atoms with Gasteiger partial charge in [-0.2, -0.15) is 0 Å². The first-order valence-corrected chi connectivity index (χ1v) is 4.36. The molecule has 0 aliphatic carbocycles. The zero-order valence-electron chi connectivity index (χ0n) is 8.47. The summed E-state index contributed by atoms with van der Waals surface area (Å²) in [6.45, 7) is -0.930. The van der Waals surface area contributed by atoms with Gasteiger partial charge in [-0.05, 0) is 18.2 Å². The Bertz CT molecular complexity index is 412. The van der Waals surface area contributed by atoms with Crippen molar-refractivity contribution in [3.63, 3.8) is 0 Å². The molecule has 102 valence electrons. The molecular formula is C9H6F6O3. The van der Waals surface area contributed by atoms with Gasteiger partial charge < -0.3 is 14.6 Å². The molecule has 0 spiro atoms. The first kappa shape index (κ1) is 14.4. The Morgan fingerprint density at radius 2 is 1.50 bits per heavy atom. The molecule has 0 saturated heterocycles. The summed E-state index contributed by atoms with van der Waals surface area (Å²) in [7, 11) is 0. The minimum atomic E-state index is -5.00. The molecule has 0 aliphatic heterocycles. The van der Waals surface area contributed by atoms with Crippen LogP contribution in [0.4, 0.5) is 26.3 Å². The van der Waals surface area contributed by atoms with Crippen LogP contribution >= 0.6 is 0 Å². The second kappa shape index (κ2) is 4.92. The molecular weight excluding hydrogens is 270 g/mol. The van der Waals surface area contributed by atoms with Crippen molar-refractivity contribution in [2.45, 2.75) is 19.3 Å². The SMILES string of the molecule is OCc1cc(OC(F)(F)F)ccc1OC(F)(F)F. The Labute approximate surface area is 96.5 Å². The standard InChI is InChI=1S/C9H6F6O3/c10-8(11,12)17-6-1-2-7(5(3-6)4-16)18-9(13,14)15/h1-3,16H,4H2. The topological polar surface area (TPSA) is 38.7 Å². The van der Waals surface area contributed by atoms with Crippen molar-refractivity contribution in [1.82, 2.24) is 0 Å². The van der Waals surface area contributed by atoms with Crippen molar-refractivity contribution < 1.29 is 40.9 Å². The monoisotopic (exact) mass is 276 g/mol. The number of aliphatic hydroxyl groups is 1. The van der Waals surface area contributed by atoms with Crippen molar-refractivity contribution in [2.75, 3.05) is 0 Å². The lowest BCUT2D eigenvalue weighted by Gasteiger charge is -2.14. The van der Waals surface area contributed by atoms with E-state index in [1.807, 2.05) is 0 Å². The Kier molecular flexibility index (Phi) is 3.95. The zero-order chi connectivity index (χ0) is 14.0.